The molecule has 7 rings (SSSR count). The van der Waals surface area contributed by atoms with Gasteiger partial charge < -0.3 is 14.0 Å². The maximum absolute atomic E-state index is 13.7. The fourth-order valence-electron chi connectivity index (χ4n) is 5.41. The highest BCUT2D eigenvalue weighted by molar-refractivity contribution is 6.01. The Hall–Kier alpha value is -5.38. The second-order valence-electron chi connectivity index (χ2n) is 10.2. The maximum Gasteiger partial charge on any atom is 0.416 e. The van der Waals surface area contributed by atoms with Gasteiger partial charge in [-0.1, -0.05) is 48.5 Å². The monoisotopic (exact) mass is 580 g/mol. The number of hydrogen-bond acceptors (Lipinski definition) is 5. The Bertz CT molecular complexity index is 2130. The lowest BCUT2D eigenvalue weighted by atomic mass is 10.1. The topological polar surface area (TPSA) is 70.6 Å². The van der Waals surface area contributed by atoms with Crippen molar-refractivity contribution in [3.8, 4) is 22.9 Å². The lowest BCUT2D eigenvalue weighted by molar-refractivity contribution is -0.137. The zero-order valence-electron chi connectivity index (χ0n) is 22.8. The van der Waals surface area contributed by atoms with Crippen molar-refractivity contribution in [2.24, 2.45) is 5.10 Å². The van der Waals surface area contributed by atoms with Gasteiger partial charge >= 0.3 is 6.18 Å². The summed E-state index contributed by atoms with van der Waals surface area (Å²) in [6, 6.07) is 25.1. The summed E-state index contributed by atoms with van der Waals surface area (Å²) in [4.78, 5) is 18.2. The van der Waals surface area contributed by atoms with Crippen molar-refractivity contribution in [3.05, 3.63) is 124 Å². The van der Waals surface area contributed by atoms with E-state index in [4.69, 9.17) is 9.47 Å². The summed E-state index contributed by atoms with van der Waals surface area (Å²) in [7, 11) is 0. The predicted octanol–water partition coefficient (Wildman–Crippen LogP) is 7.00. The van der Waals surface area contributed by atoms with Crippen molar-refractivity contribution >= 4 is 28.0 Å². The number of alkyl halides is 3. The molecule has 4 aromatic carbocycles. The quantitative estimate of drug-likeness (QED) is 0.206. The Labute approximate surface area is 243 Å². The number of rotatable bonds is 5. The Morgan fingerprint density at radius 1 is 0.907 bits per heavy atom. The normalized spacial score (nSPS) is 13.0. The number of para-hydroxylation sites is 2. The van der Waals surface area contributed by atoms with E-state index in [1.807, 2.05) is 49.4 Å². The van der Waals surface area contributed by atoms with Gasteiger partial charge in [0.25, 0.3) is 5.56 Å². The van der Waals surface area contributed by atoms with Crippen molar-refractivity contribution in [2.75, 3.05) is 6.79 Å². The molecule has 0 N–H and O–H groups in total. The number of fused-ring (bicyclic) bond motifs is 3. The third kappa shape index (κ3) is 4.70. The Morgan fingerprint density at radius 2 is 1.67 bits per heavy atom. The highest BCUT2D eigenvalue weighted by atomic mass is 19.4. The van der Waals surface area contributed by atoms with Gasteiger partial charge in [0.15, 0.2) is 17.3 Å². The van der Waals surface area contributed by atoms with Crippen LogP contribution in [0, 0.1) is 6.92 Å². The van der Waals surface area contributed by atoms with E-state index >= 15 is 0 Å². The maximum atomic E-state index is 13.7. The molecular weight excluding hydrogens is 557 g/mol. The SMILES string of the molecule is Cc1c(C=Nn2c(-c3cccc(C(F)(F)F)c3)nc3ccccc3c2=O)c2ccccc2n1Cc1ccc2c(c1)OCO2. The molecule has 0 saturated carbocycles. The molecule has 0 spiro atoms. The largest absolute Gasteiger partial charge is 0.454 e. The second kappa shape index (κ2) is 10.2. The molecule has 0 amide bonds. The first-order valence-electron chi connectivity index (χ1n) is 13.5. The van der Waals surface area contributed by atoms with Crippen LogP contribution >= 0.6 is 0 Å². The molecule has 3 heterocycles. The van der Waals surface area contributed by atoms with Crippen LogP contribution in [0.15, 0.2) is 101 Å². The van der Waals surface area contributed by atoms with Crippen molar-refractivity contribution in [1.29, 1.82) is 0 Å². The summed E-state index contributed by atoms with van der Waals surface area (Å²) >= 11 is 0. The molecule has 0 fully saturated rings. The van der Waals surface area contributed by atoms with Crippen molar-refractivity contribution < 1.29 is 22.6 Å². The first-order valence-corrected chi connectivity index (χ1v) is 13.5. The molecular formula is C33H23F3N4O3. The van der Waals surface area contributed by atoms with Gasteiger partial charge in [0.05, 0.1) is 22.7 Å². The van der Waals surface area contributed by atoms with E-state index in [0.717, 1.165) is 44.5 Å². The molecule has 0 radical (unpaired) electrons. The van der Waals surface area contributed by atoms with Crippen molar-refractivity contribution in [3.63, 3.8) is 0 Å². The zero-order valence-corrected chi connectivity index (χ0v) is 22.8. The van der Waals surface area contributed by atoms with Gasteiger partial charge in [0.2, 0.25) is 6.79 Å². The van der Waals surface area contributed by atoms with Gasteiger partial charge in [-0.3, -0.25) is 4.79 Å². The highest BCUT2D eigenvalue weighted by Gasteiger charge is 2.31. The second-order valence-corrected chi connectivity index (χ2v) is 10.2. The fraction of sp³-hybridized carbons (Fsp3) is 0.121. The average molecular weight is 581 g/mol. The molecule has 0 bridgehead atoms. The van der Waals surface area contributed by atoms with Gasteiger partial charge in [-0.05, 0) is 55.0 Å². The van der Waals surface area contributed by atoms with Crippen LogP contribution in [-0.2, 0) is 12.7 Å². The van der Waals surface area contributed by atoms with Gasteiger partial charge in [0, 0.05) is 34.3 Å². The molecule has 0 saturated heterocycles. The van der Waals surface area contributed by atoms with Gasteiger partial charge in [-0.15, -0.1) is 0 Å². The molecule has 214 valence electrons. The van der Waals surface area contributed by atoms with E-state index in [0.29, 0.717) is 28.9 Å². The number of hydrogen-bond donors (Lipinski definition) is 0. The molecule has 6 aromatic rings. The minimum Gasteiger partial charge on any atom is -0.454 e. The molecule has 7 nitrogen and oxygen atoms in total. The zero-order chi connectivity index (χ0) is 29.7. The number of ether oxygens (including phenoxy) is 2. The molecule has 0 aliphatic carbocycles. The molecule has 0 unspecified atom stereocenters. The van der Waals surface area contributed by atoms with Crippen LogP contribution in [0.5, 0.6) is 11.5 Å². The van der Waals surface area contributed by atoms with Crippen LogP contribution in [0.25, 0.3) is 33.2 Å². The Kier molecular flexibility index (Phi) is 6.27. The fourth-order valence-corrected chi connectivity index (χ4v) is 5.41. The number of nitrogens with zero attached hydrogens (tertiary/aromatic N) is 4. The van der Waals surface area contributed by atoms with E-state index in [9.17, 15) is 18.0 Å². The average Bonchev–Trinajstić information content (AvgIpc) is 3.58. The molecule has 1 aliphatic rings. The predicted molar refractivity (Wildman–Crippen MR) is 158 cm³/mol. The number of benzene rings is 4. The summed E-state index contributed by atoms with van der Waals surface area (Å²) in [5.41, 5.74) is 2.79. The van der Waals surface area contributed by atoms with E-state index in [1.165, 1.54) is 12.1 Å². The van der Waals surface area contributed by atoms with Crippen LogP contribution in [0.4, 0.5) is 13.2 Å². The summed E-state index contributed by atoms with van der Waals surface area (Å²) in [6.45, 7) is 2.70. The summed E-state index contributed by atoms with van der Waals surface area (Å²) in [5, 5.41) is 5.77. The van der Waals surface area contributed by atoms with Crippen LogP contribution in [0.2, 0.25) is 0 Å². The van der Waals surface area contributed by atoms with Gasteiger partial charge in [-0.25, -0.2) is 4.98 Å². The van der Waals surface area contributed by atoms with E-state index in [1.54, 1.807) is 30.5 Å². The standard InChI is InChI=1S/C33H23F3N4O3/c1-20-26(24-9-3-5-12-28(24)39(20)18-21-13-14-29-30(15-21)43-19-42-29)17-37-40-31(22-7-6-8-23(16-22)33(34,35)36)38-27-11-4-2-10-25(27)32(40)41/h2-17H,18-19H2,1H3. The Morgan fingerprint density at radius 3 is 2.51 bits per heavy atom. The molecule has 1 aliphatic heterocycles. The molecule has 43 heavy (non-hydrogen) atoms. The van der Waals surface area contributed by atoms with Crippen molar-refractivity contribution in [1.82, 2.24) is 14.2 Å². The third-order valence-electron chi connectivity index (χ3n) is 7.56. The minimum atomic E-state index is -4.56. The molecule has 0 atom stereocenters. The summed E-state index contributed by atoms with van der Waals surface area (Å²) in [5.74, 6) is 1.41. The first kappa shape index (κ1) is 26.5. The van der Waals surface area contributed by atoms with Gasteiger partial charge in [-0.2, -0.15) is 22.9 Å². The van der Waals surface area contributed by atoms with E-state index in [2.05, 4.69) is 14.7 Å². The first-order chi connectivity index (χ1) is 20.8. The molecule has 10 heteroatoms. The van der Waals surface area contributed by atoms with Gasteiger partial charge in [0.1, 0.15) is 0 Å². The van der Waals surface area contributed by atoms with Crippen LogP contribution < -0.4 is 15.0 Å². The molecule has 2 aromatic heterocycles. The van der Waals surface area contributed by atoms with Crippen LogP contribution in [0.1, 0.15) is 22.4 Å². The Balaban J connectivity index is 1.37. The highest BCUT2D eigenvalue weighted by Crippen LogP contribution is 2.34. The third-order valence-corrected chi connectivity index (χ3v) is 7.56. The van der Waals surface area contributed by atoms with E-state index in [-0.39, 0.29) is 18.2 Å². The number of halogens is 3. The van der Waals surface area contributed by atoms with Crippen LogP contribution in [0.3, 0.4) is 0 Å². The summed E-state index contributed by atoms with van der Waals surface area (Å²) < 4.78 is 54.9. The van der Waals surface area contributed by atoms with E-state index < -0.39 is 17.3 Å². The summed E-state index contributed by atoms with van der Waals surface area (Å²) in [6.07, 6.45) is -2.99. The lowest BCUT2D eigenvalue weighted by Crippen LogP contribution is -2.20. The number of aromatic nitrogens is 3. The lowest BCUT2D eigenvalue weighted by Gasteiger charge is -2.12. The van der Waals surface area contributed by atoms with Crippen molar-refractivity contribution in [2.45, 2.75) is 19.6 Å². The minimum absolute atomic E-state index is 0.00722. The van der Waals surface area contributed by atoms with Crippen LogP contribution in [-0.4, -0.2) is 27.2 Å². The smallest absolute Gasteiger partial charge is 0.416 e.